The van der Waals surface area contributed by atoms with Crippen molar-refractivity contribution in [2.75, 3.05) is 65.5 Å². The molecule has 2 aromatic carbocycles. The number of anilines is 2. The van der Waals surface area contributed by atoms with Gasteiger partial charge in [0.05, 0.1) is 55.0 Å². The van der Waals surface area contributed by atoms with Crippen LogP contribution in [0, 0.1) is 23.3 Å². The molecular weight excluding hydrogens is 979 g/mol. The number of ketones is 1. The summed E-state index contributed by atoms with van der Waals surface area (Å²) >= 11 is 0. The van der Waals surface area contributed by atoms with Gasteiger partial charge in [-0.1, -0.05) is 18.2 Å². The van der Waals surface area contributed by atoms with Crippen LogP contribution in [-0.2, 0) is 37.6 Å². The van der Waals surface area contributed by atoms with Crippen molar-refractivity contribution in [1.82, 2.24) is 35.3 Å². The Bertz CT molecular complexity index is 2890. The smallest absolute Gasteiger partial charge is 0.326 e. The van der Waals surface area contributed by atoms with E-state index in [2.05, 4.69) is 20.2 Å². The van der Waals surface area contributed by atoms with Crippen LogP contribution in [-0.4, -0.2) is 133 Å². The largest absolute Gasteiger partial charge is 0.415 e. The van der Waals surface area contributed by atoms with Crippen LogP contribution in [0.5, 0.6) is 0 Å². The molecule has 1 N–H and O–H groups in total. The summed E-state index contributed by atoms with van der Waals surface area (Å²) in [6.07, 6.45) is -4.52. The highest BCUT2D eigenvalue weighted by Gasteiger charge is 2.32. The van der Waals surface area contributed by atoms with Gasteiger partial charge in [0.1, 0.15) is 34.9 Å². The molecule has 0 radical (unpaired) electrons. The van der Waals surface area contributed by atoms with Gasteiger partial charge in [0.25, 0.3) is 11.8 Å². The number of pyridine rings is 2. The van der Waals surface area contributed by atoms with Gasteiger partial charge in [0, 0.05) is 48.4 Å². The number of halogens is 8. The van der Waals surface area contributed by atoms with Crippen LogP contribution in [0.25, 0.3) is 11.5 Å². The third kappa shape index (κ3) is 13.5. The van der Waals surface area contributed by atoms with E-state index in [1.165, 1.54) is 46.2 Å². The molecule has 7 rings (SSSR count). The molecule has 2 fully saturated rings. The molecule has 0 atom stereocenters. The number of urea groups is 2. The van der Waals surface area contributed by atoms with Gasteiger partial charge in [-0.2, -0.15) is 17.6 Å². The molecule has 3 aromatic heterocycles. The summed E-state index contributed by atoms with van der Waals surface area (Å²) in [5, 5.41) is 8.39. The molecular formula is C41H37F8N9O9S2. The Labute approximate surface area is 386 Å². The molecule has 2 saturated heterocycles. The molecule has 0 aliphatic carbocycles. The first-order valence-electron chi connectivity index (χ1n) is 20.1. The molecule has 0 unspecified atom stereocenters. The van der Waals surface area contributed by atoms with E-state index in [4.69, 9.17) is 4.42 Å². The number of carbonyl (C=O) groups is 4. The fourth-order valence-corrected chi connectivity index (χ4v) is 8.88. The van der Waals surface area contributed by atoms with Crippen molar-refractivity contribution < 1.29 is 75.6 Å². The Balaban J connectivity index is 0.000000227. The molecule has 18 nitrogen and oxygen atoms in total. The Kier molecular flexibility index (Phi) is 16.3. The molecule has 368 valence electrons. The highest BCUT2D eigenvalue weighted by atomic mass is 32.2. The molecule has 2 aliphatic heterocycles. The van der Waals surface area contributed by atoms with E-state index in [1.807, 2.05) is 0 Å². The highest BCUT2D eigenvalue weighted by Crippen LogP contribution is 2.27. The van der Waals surface area contributed by atoms with E-state index in [0.29, 0.717) is 0 Å². The minimum Gasteiger partial charge on any atom is -0.415 e. The number of Topliss-reactive ketones (excluding diaryl/α,β-unsaturated/α-hetero) is 1. The number of sulfone groups is 2. The molecule has 5 amide bonds. The lowest BCUT2D eigenvalue weighted by Crippen LogP contribution is -2.50. The van der Waals surface area contributed by atoms with Crippen molar-refractivity contribution in [1.29, 1.82) is 0 Å². The van der Waals surface area contributed by atoms with Crippen molar-refractivity contribution in [2.45, 2.75) is 25.9 Å². The van der Waals surface area contributed by atoms with Gasteiger partial charge in [0.2, 0.25) is 5.89 Å². The van der Waals surface area contributed by atoms with Gasteiger partial charge in [-0.15, -0.1) is 10.2 Å². The highest BCUT2D eigenvalue weighted by molar-refractivity contribution is 7.91. The first kappa shape index (κ1) is 51.3. The standard InChI is InChI=1S/C21H20F4N4O5S.C20H17F4N5O4S/c22-15-3-4-18(26-10-15)29(21(32)28-5-7-35(33,34)8-6-28)12-14-2-1-13(9-16(14)23)17(30)11-27-20(31)19(24)25;21-14-3-4-16(25-10-14)29(20(30)28-5-7-34(31,32)8-6-28)11-13-2-1-12(9-15(13)22)18-26-27-19(33-18)17(23)24/h1-4,9-10,19H,5-8,11-12H2,(H,27,31);1-4,9-10,17H,5-8,11H2. The van der Waals surface area contributed by atoms with Gasteiger partial charge in [-0.3, -0.25) is 19.4 Å². The number of alkyl halides is 4. The molecule has 5 heterocycles. The monoisotopic (exact) mass is 1020 g/mol. The minimum atomic E-state index is -3.30. The second-order valence-electron chi connectivity index (χ2n) is 15.0. The Morgan fingerprint density at radius 1 is 0.652 bits per heavy atom. The van der Waals surface area contributed by atoms with Gasteiger partial charge in [-0.25, -0.2) is 54.0 Å². The normalized spacial score (nSPS) is 15.3. The molecule has 28 heteroatoms. The van der Waals surface area contributed by atoms with Gasteiger partial charge < -0.3 is 19.5 Å². The lowest BCUT2D eigenvalue weighted by atomic mass is 10.1. The zero-order valence-electron chi connectivity index (χ0n) is 35.5. The fourth-order valence-electron chi connectivity index (χ4n) is 6.48. The Morgan fingerprint density at radius 3 is 1.54 bits per heavy atom. The summed E-state index contributed by atoms with van der Waals surface area (Å²) in [5.41, 5.74) is -0.164. The predicted molar refractivity (Wildman–Crippen MR) is 226 cm³/mol. The van der Waals surface area contributed by atoms with E-state index in [0.717, 1.165) is 46.5 Å². The number of nitrogens with one attached hydrogen (secondary N) is 1. The quantitative estimate of drug-likeness (QED) is 0.129. The van der Waals surface area contributed by atoms with E-state index >= 15 is 0 Å². The number of benzene rings is 2. The molecule has 0 spiro atoms. The van der Waals surface area contributed by atoms with Crippen LogP contribution in [0.4, 0.5) is 56.3 Å². The number of nitrogens with zero attached hydrogens (tertiary/aromatic N) is 8. The van der Waals surface area contributed by atoms with Crippen LogP contribution in [0.2, 0.25) is 0 Å². The fraction of sp³-hybridized carbons (Fsp3) is 0.317. The van der Waals surface area contributed by atoms with Gasteiger partial charge in [-0.05, 0) is 42.5 Å². The van der Waals surface area contributed by atoms with Crippen molar-refractivity contribution in [3.05, 3.63) is 119 Å². The maximum Gasteiger partial charge on any atom is 0.326 e. The summed E-state index contributed by atoms with van der Waals surface area (Å²) < 4.78 is 158. The van der Waals surface area contributed by atoms with E-state index in [-0.39, 0.29) is 102 Å². The van der Waals surface area contributed by atoms with Gasteiger partial charge in [0.15, 0.2) is 25.5 Å². The third-order valence-corrected chi connectivity index (χ3v) is 13.5. The Morgan fingerprint density at radius 2 is 1.13 bits per heavy atom. The number of aromatic nitrogens is 4. The maximum absolute atomic E-state index is 14.9. The zero-order valence-corrected chi connectivity index (χ0v) is 37.1. The first-order chi connectivity index (χ1) is 32.6. The summed E-state index contributed by atoms with van der Waals surface area (Å²) in [4.78, 5) is 61.7. The van der Waals surface area contributed by atoms with Crippen molar-refractivity contribution in [3.8, 4) is 11.5 Å². The summed E-state index contributed by atoms with van der Waals surface area (Å²) in [5.74, 6) is -7.55. The lowest BCUT2D eigenvalue weighted by molar-refractivity contribution is -0.131. The van der Waals surface area contributed by atoms with E-state index < -0.39 is 92.0 Å². The number of rotatable bonds is 12. The molecule has 0 bridgehead atoms. The summed E-state index contributed by atoms with van der Waals surface area (Å²) in [6, 6.07) is 10.2. The van der Waals surface area contributed by atoms with Crippen molar-refractivity contribution in [3.63, 3.8) is 0 Å². The number of carbonyl (C=O) groups excluding carboxylic acids is 4. The summed E-state index contributed by atoms with van der Waals surface area (Å²) in [6.45, 7) is -1.74. The van der Waals surface area contributed by atoms with E-state index in [1.54, 1.807) is 5.32 Å². The summed E-state index contributed by atoms with van der Waals surface area (Å²) in [7, 11) is -6.53. The van der Waals surface area contributed by atoms with Crippen LogP contribution in [0.15, 0.2) is 77.5 Å². The third-order valence-electron chi connectivity index (χ3n) is 10.2. The maximum atomic E-state index is 14.9. The average molecular weight is 1020 g/mol. The second kappa shape index (κ2) is 21.9. The zero-order chi connectivity index (χ0) is 50.2. The van der Waals surface area contributed by atoms with Crippen LogP contribution in [0.1, 0.15) is 33.8 Å². The topological polar surface area (TPSA) is 226 Å². The van der Waals surface area contributed by atoms with Crippen molar-refractivity contribution in [2.24, 2.45) is 0 Å². The van der Waals surface area contributed by atoms with Crippen LogP contribution >= 0.6 is 0 Å². The predicted octanol–water partition coefficient (Wildman–Crippen LogP) is 4.99. The minimum absolute atomic E-state index is 0.0147. The first-order valence-corrected chi connectivity index (χ1v) is 23.8. The van der Waals surface area contributed by atoms with Crippen LogP contribution < -0.4 is 15.1 Å². The number of hydrogen-bond acceptors (Lipinski definition) is 13. The Hall–Kier alpha value is -7.10. The average Bonchev–Trinajstić information content (AvgIpc) is 3.82. The molecule has 2 aliphatic rings. The number of amides is 5. The molecule has 69 heavy (non-hydrogen) atoms. The lowest BCUT2D eigenvalue weighted by Gasteiger charge is -2.32. The molecule has 0 saturated carbocycles. The van der Waals surface area contributed by atoms with E-state index in [9.17, 15) is 71.1 Å². The van der Waals surface area contributed by atoms with Crippen LogP contribution in [0.3, 0.4) is 0 Å². The second-order valence-corrected chi connectivity index (χ2v) is 19.6. The SMILES string of the molecule is O=C(CNC(=O)C(F)F)c1ccc(CN(C(=O)N2CCS(=O)(=O)CC2)c2ccc(F)cn2)c(F)c1.O=C(N1CCS(=O)(=O)CC1)N(Cc1ccc(-c2nnc(C(F)F)o2)cc1F)c1ccc(F)cn1. The van der Waals surface area contributed by atoms with Gasteiger partial charge >= 0.3 is 24.9 Å². The number of hydrogen-bond donors (Lipinski definition) is 1. The van der Waals surface area contributed by atoms with Crippen molar-refractivity contribution >= 4 is 55.1 Å². The molecule has 5 aromatic rings.